The topological polar surface area (TPSA) is 44.8 Å². The molecule has 0 aromatic heterocycles. The molecule has 5 rings (SSSR count). The number of esters is 1. The number of carbonyl (C=O) groups is 1. The average Bonchev–Trinajstić information content (AvgIpc) is 2.99. The number of hydrogen-bond donors (Lipinski definition) is 0. The third kappa shape index (κ3) is 5.73. The van der Waals surface area contributed by atoms with Crippen LogP contribution >= 0.6 is 7.26 Å². The highest BCUT2D eigenvalue weighted by atomic mass is 31.2. The largest absolute Gasteiger partial charge is 0.469 e. The number of ether oxygens (including phenoxy) is 3. The molecule has 0 N–H and O–H groups in total. The maximum Gasteiger partial charge on any atom is 0.308 e. The number of hydrogen-bond acceptors (Lipinski definition) is 4. The summed E-state index contributed by atoms with van der Waals surface area (Å²) in [4.78, 5) is 12.4. The van der Waals surface area contributed by atoms with Gasteiger partial charge in [0.15, 0.2) is 5.85 Å². The van der Waals surface area contributed by atoms with Crippen LogP contribution in [0.5, 0.6) is 0 Å². The normalized spacial score (nSPS) is 19.6. The summed E-state index contributed by atoms with van der Waals surface area (Å²) in [5, 5.41) is 3.76. The average molecular weight is 526 g/mol. The first-order valence-electron chi connectivity index (χ1n) is 13.1. The smallest absolute Gasteiger partial charge is 0.308 e. The van der Waals surface area contributed by atoms with Gasteiger partial charge in [-0.3, -0.25) is 4.79 Å². The standard InChI is InChI=1S/C33H34O4P/c1-35-32(34)23-28-22-27(36-25-26-14-6-2-7-15-26)24-33(37-28)38(29-16-8-3-9-17-29,30-18-10-4-11-19-30)31-20-12-5-13-21-31/h2-21,27-28,33H,22-25H2,1H3/q+1/t27-,28-,33+/m0/s1. The molecule has 5 heteroatoms. The van der Waals surface area contributed by atoms with Gasteiger partial charge in [-0.05, 0) is 42.0 Å². The Balaban J connectivity index is 1.60. The highest BCUT2D eigenvalue weighted by molar-refractivity contribution is 7.96. The molecule has 4 nitrogen and oxygen atoms in total. The molecule has 194 valence electrons. The molecule has 1 heterocycles. The van der Waals surface area contributed by atoms with Crippen LogP contribution in [0.2, 0.25) is 0 Å². The van der Waals surface area contributed by atoms with E-state index in [9.17, 15) is 4.79 Å². The van der Waals surface area contributed by atoms with Gasteiger partial charge in [0.1, 0.15) is 23.2 Å². The molecule has 0 unspecified atom stereocenters. The van der Waals surface area contributed by atoms with Crippen LogP contribution in [0, 0.1) is 0 Å². The zero-order valence-corrected chi connectivity index (χ0v) is 22.6. The summed E-state index contributed by atoms with van der Waals surface area (Å²) >= 11 is 0. The van der Waals surface area contributed by atoms with Crippen molar-refractivity contribution in [2.75, 3.05) is 7.11 Å². The molecule has 3 atom stereocenters. The van der Waals surface area contributed by atoms with Crippen molar-refractivity contribution in [3.8, 4) is 0 Å². The van der Waals surface area contributed by atoms with E-state index in [4.69, 9.17) is 14.2 Å². The first-order chi connectivity index (χ1) is 18.7. The van der Waals surface area contributed by atoms with Crippen molar-refractivity contribution < 1.29 is 19.0 Å². The van der Waals surface area contributed by atoms with Crippen molar-refractivity contribution in [3.63, 3.8) is 0 Å². The number of benzene rings is 4. The lowest BCUT2D eigenvalue weighted by Crippen LogP contribution is -2.47. The zero-order chi connectivity index (χ0) is 26.2. The van der Waals surface area contributed by atoms with Gasteiger partial charge < -0.3 is 14.2 Å². The molecule has 0 radical (unpaired) electrons. The molecule has 0 bridgehead atoms. The predicted molar refractivity (Wildman–Crippen MR) is 155 cm³/mol. The highest BCUT2D eigenvalue weighted by Crippen LogP contribution is 2.62. The molecule has 0 aliphatic carbocycles. The van der Waals surface area contributed by atoms with Gasteiger partial charge in [-0.1, -0.05) is 84.9 Å². The van der Waals surface area contributed by atoms with E-state index in [1.165, 1.54) is 23.0 Å². The third-order valence-corrected chi connectivity index (χ3v) is 11.7. The molecule has 38 heavy (non-hydrogen) atoms. The van der Waals surface area contributed by atoms with Gasteiger partial charge in [0.25, 0.3) is 0 Å². The fraction of sp³-hybridized carbons (Fsp3) is 0.242. The van der Waals surface area contributed by atoms with Crippen molar-refractivity contribution in [1.29, 1.82) is 0 Å². The van der Waals surface area contributed by atoms with E-state index in [1.807, 2.05) is 18.2 Å². The van der Waals surface area contributed by atoms with E-state index in [0.717, 1.165) is 12.0 Å². The van der Waals surface area contributed by atoms with Gasteiger partial charge in [0.2, 0.25) is 0 Å². The molecule has 1 fully saturated rings. The van der Waals surface area contributed by atoms with E-state index in [0.29, 0.717) is 13.0 Å². The van der Waals surface area contributed by atoms with Crippen molar-refractivity contribution >= 4 is 29.1 Å². The minimum absolute atomic E-state index is 0.0564. The Hall–Kier alpha value is -3.30. The lowest BCUT2D eigenvalue weighted by Gasteiger charge is -2.41. The van der Waals surface area contributed by atoms with Crippen molar-refractivity contribution in [1.82, 2.24) is 0 Å². The van der Waals surface area contributed by atoms with E-state index in [1.54, 1.807) is 0 Å². The first-order valence-corrected chi connectivity index (χ1v) is 15.0. The van der Waals surface area contributed by atoms with E-state index >= 15 is 0 Å². The Morgan fingerprint density at radius 1 is 0.737 bits per heavy atom. The van der Waals surface area contributed by atoms with Crippen LogP contribution in [0.25, 0.3) is 0 Å². The fourth-order valence-electron chi connectivity index (χ4n) is 5.46. The number of rotatable bonds is 9. The van der Waals surface area contributed by atoms with Crippen LogP contribution in [0.15, 0.2) is 121 Å². The van der Waals surface area contributed by atoms with Crippen LogP contribution in [-0.2, 0) is 25.6 Å². The van der Waals surface area contributed by atoms with Crippen molar-refractivity contribution in [2.45, 2.75) is 43.9 Å². The molecular formula is C33H34O4P+. The van der Waals surface area contributed by atoms with Crippen molar-refractivity contribution in [3.05, 3.63) is 127 Å². The van der Waals surface area contributed by atoms with Crippen LogP contribution in [0.1, 0.15) is 24.8 Å². The lowest BCUT2D eigenvalue weighted by molar-refractivity contribution is -0.148. The Morgan fingerprint density at radius 3 is 1.68 bits per heavy atom. The minimum atomic E-state index is -2.31. The monoisotopic (exact) mass is 525 g/mol. The predicted octanol–water partition coefficient (Wildman–Crippen LogP) is 5.63. The molecule has 0 amide bonds. The second-order valence-corrected chi connectivity index (χ2v) is 13.2. The van der Waals surface area contributed by atoms with Crippen LogP contribution < -0.4 is 15.9 Å². The van der Waals surface area contributed by atoms with Crippen LogP contribution in [0.4, 0.5) is 0 Å². The number of methoxy groups -OCH3 is 1. The van der Waals surface area contributed by atoms with Gasteiger partial charge in [-0.25, -0.2) is 0 Å². The Kier molecular flexibility index (Phi) is 8.65. The summed E-state index contributed by atoms with van der Waals surface area (Å²) in [5.74, 6) is -0.431. The fourth-order valence-corrected chi connectivity index (χ4v) is 10.2. The van der Waals surface area contributed by atoms with Crippen LogP contribution in [-0.4, -0.2) is 31.1 Å². The molecule has 0 spiro atoms. The maximum atomic E-state index is 12.4. The molecule has 0 saturated carbocycles. The zero-order valence-electron chi connectivity index (χ0n) is 21.7. The van der Waals surface area contributed by atoms with Crippen molar-refractivity contribution in [2.24, 2.45) is 0 Å². The van der Waals surface area contributed by atoms with E-state index < -0.39 is 7.26 Å². The van der Waals surface area contributed by atoms with Gasteiger partial charge in [-0.2, -0.15) is 0 Å². The summed E-state index contributed by atoms with van der Waals surface area (Å²) in [5.41, 5.74) is 1.13. The minimum Gasteiger partial charge on any atom is -0.469 e. The van der Waals surface area contributed by atoms with Gasteiger partial charge in [0, 0.05) is 12.8 Å². The van der Waals surface area contributed by atoms with Gasteiger partial charge in [0.05, 0.1) is 32.3 Å². The number of carbonyl (C=O) groups excluding carboxylic acids is 1. The third-order valence-electron chi connectivity index (χ3n) is 7.21. The van der Waals surface area contributed by atoms with Gasteiger partial charge >= 0.3 is 5.97 Å². The molecule has 1 aliphatic heterocycles. The lowest BCUT2D eigenvalue weighted by atomic mass is 10.0. The Bertz CT molecular complexity index is 1190. The molecule has 1 aliphatic rings. The maximum absolute atomic E-state index is 12.4. The van der Waals surface area contributed by atoms with Crippen LogP contribution in [0.3, 0.4) is 0 Å². The van der Waals surface area contributed by atoms with E-state index in [2.05, 4.69) is 103 Å². The summed E-state index contributed by atoms with van der Waals surface area (Å²) in [6.07, 6.45) is 1.24. The Morgan fingerprint density at radius 2 is 1.21 bits per heavy atom. The SMILES string of the molecule is COC(=O)C[C@@H]1C[C@H](OCc2ccccc2)C[C@@H]([P+](c2ccccc2)(c2ccccc2)c2ccccc2)O1. The summed E-state index contributed by atoms with van der Waals surface area (Å²) in [7, 11) is -0.873. The molecule has 4 aromatic carbocycles. The summed E-state index contributed by atoms with van der Waals surface area (Å²) in [6, 6.07) is 42.4. The first kappa shape index (κ1) is 26.3. The summed E-state index contributed by atoms with van der Waals surface area (Å²) < 4.78 is 18.5. The summed E-state index contributed by atoms with van der Waals surface area (Å²) in [6.45, 7) is 0.524. The van der Waals surface area contributed by atoms with Gasteiger partial charge in [-0.15, -0.1) is 0 Å². The second-order valence-electron chi connectivity index (χ2n) is 9.61. The highest BCUT2D eigenvalue weighted by Gasteiger charge is 2.56. The molecular weight excluding hydrogens is 491 g/mol. The second kappa shape index (κ2) is 12.5. The van der Waals surface area contributed by atoms with E-state index in [-0.39, 0.29) is 30.4 Å². The molecule has 4 aromatic rings. The molecule has 1 saturated heterocycles. The Labute approximate surface area is 225 Å². The quantitative estimate of drug-likeness (QED) is 0.210.